The third kappa shape index (κ3) is 2.26. The molecular weight excluding hydrogens is 256 g/mol. The van der Waals surface area contributed by atoms with Crippen molar-refractivity contribution in [3.63, 3.8) is 0 Å². The van der Waals surface area contributed by atoms with E-state index in [2.05, 4.69) is 0 Å². The summed E-state index contributed by atoms with van der Waals surface area (Å²) in [4.78, 5) is 0. The largest absolute Gasteiger partial charge is 0.330 e. The van der Waals surface area contributed by atoms with Gasteiger partial charge in [0.2, 0.25) is 0 Å². The van der Waals surface area contributed by atoms with Crippen LogP contribution in [0.1, 0.15) is 56.9 Å². The summed E-state index contributed by atoms with van der Waals surface area (Å²) in [6.07, 6.45) is 9.65. The van der Waals surface area contributed by atoms with Crippen molar-refractivity contribution >= 4 is 0 Å². The minimum atomic E-state index is -0.512. The molecule has 2 aliphatic rings. The fourth-order valence-electron chi connectivity index (χ4n) is 4.58. The van der Waals surface area contributed by atoms with E-state index in [1.165, 1.54) is 44.6 Å². The molecule has 1 nitrogen and oxygen atoms in total. The highest BCUT2D eigenvalue weighted by atomic mass is 19.1. The van der Waals surface area contributed by atoms with E-state index in [1.54, 1.807) is 6.07 Å². The molecule has 1 spiro atoms. The molecule has 2 saturated carbocycles. The van der Waals surface area contributed by atoms with E-state index in [4.69, 9.17) is 5.73 Å². The van der Waals surface area contributed by atoms with Gasteiger partial charge in [-0.05, 0) is 42.7 Å². The second-order valence-electron chi connectivity index (χ2n) is 6.88. The van der Waals surface area contributed by atoms with Crippen LogP contribution in [0.25, 0.3) is 0 Å². The second kappa shape index (κ2) is 5.10. The number of halogens is 2. The van der Waals surface area contributed by atoms with Crippen molar-refractivity contribution in [1.29, 1.82) is 0 Å². The predicted octanol–water partition coefficient (Wildman–Crippen LogP) is 4.30. The lowest BCUT2D eigenvalue weighted by atomic mass is 9.48. The first kappa shape index (κ1) is 14.0. The van der Waals surface area contributed by atoms with Crippen molar-refractivity contribution in [1.82, 2.24) is 0 Å². The molecule has 0 heterocycles. The standard InChI is InChI=1S/C17H23F2N/c18-13-5-6-14(15(19)9-13)17(12-20)10-16(11-17)7-3-1-2-4-8-16/h5-6,9H,1-4,7-8,10-12,20H2. The van der Waals surface area contributed by atoms with Crippen molar-refractivity contribution in [2.75, 3.05) is 6.54 Å². The Morgan fingerprint density at radius 1 is 1.00 bits per heavy atom. The zero-order valence-corrected chi connectivity index (χ0v) is 11.9. The number of hydrogen-bond acceptors (Lipinski definition) is 1. The van der Waals surface area contributed by atoms with Gasteiger partial charge in [-0.3, -0.25) is 0 Å². The van der Waals surface area contributed by atoms with Crippen LogP contribution in [-0.4, -0.2) is 6.54 Å². The smallest absolute Gasteiger partial charge is 0.129 e. The molecule has 3 rings (SSSR count). The number of nitrogens with two attached hydrogens (primary N) is 1. The van der Waals surface area contributed by atoms with Gasteiger partial charge in [-0.1, -0.05) is 31.7 Å². The van der Waals surface area contributed by atoms with Crippen LogP contribution in [0.15, 0.2) is 18.2 Å². The van der Waals surface area contributed by atoms with Gasteiger partial charge in [0.15, 0.2) is 0 Å². The van der Waals surface area contributed by atoms with Crippen LogP contribution in [0, 0.1) is 17.0 Å². The van der Waals surface area contributed by atoms with E-state index in [-0.39, 0.29) is 5.41 Å². The van der Waals surface area contributed by atoms with Crippen LogP contribution in [0.4, 0.5) is 8.78 Å². The summed E-state index contributed by atoms with van der Waals surface area (Å²) in [5, 5.41) is 0. The third-order valence-electron chi connectivity index (χ3n) is 5.48. The summed E-state index contributed by atoms with van der Waals surface area (Å²) in [5.74, 6) is -0.944. The second-order valence-corrected chi connectivity index (χ2v) is 6.88. The van der Waals surface area contributed by atoms with Crippen molar-refractivity contribution < 1.29 is 8.78 Å². The van der Waals surface area contributed by atoms with Gasteiger partial charge in [-0.25, -0.2) is 8.78 Å². The first-order valence-corrected chi connectivity index (χ1v) is 7.75. The summed E-state index contributed by atoms with van der Waals surface area (Å²) in [5.41, 5.74) is 6.71. The predicted molar refractivity (Wildman–Crippen MR) is 76.5 cm³/mol. The normalized spacial score (nSPS) is 24.1. The van der Waals surface area contributed by atoms with Gasteiger partial charge >= 0.3 is 0 Å². The lowest BCUT2D eigenvalue weighted by molar-refractivity contribution is 0.00920. The number of benzene rings is 1. The molecule has 0 unspecified atom stereocenters. The van der Waals surface area contributed by atoms with Gasteiger partial charge in [-0.15, -0.1) is 0 Å². The molecule has 1 aromatic carbocycles. The average molecular weight is 279 g/mol. The van der Waals surface area contributed by atoms with Gasteiger partial charge in [0, 0.05) is 18.0 Å². The van der Waals surface area contributed by atoms with Crippen LogP contribution >= 0.6 is 0 Å². The highest BCUT2D eigenvalue weighted by molar-refractivity contribution is 5.33. The van der Waals surface area contributed by atoms with E-state index < -0.39 is 11.6 Å². The summed E-state index contributed by atoms with van der Waals surface area (Å²) < 4.78 is 27.2. The Balaban J connectivity index is 1.84. The van der Waals surface area contributed by atoms with E-state index in [9.17, 15) is 8.78 Å². The molecule has 20 heavy (non-hydrogen) atoms. The van der Waals surface area contributed by atoms with Crippen LogP contribution in [-0.2, 0) is 5.41 Å². The maximum absolute atomic E-state index is 14.1. The molecule has 3 heteroatoms. The zero-order valence-electron chi connectivity index (χ0n) is 11.9. The Morgan fingerprint density at radius 2 is 1.65 bits per heavy atom. The number of hydrogen-bond donors (Lipinski definition) is 1. The van der Waals surface area contributed by atoms with Gasteiger partial charge in [0.25, 0.3) is 0 Å². The molecule has 110 valence electrons. The molecule has 2 fully saturated rings. The molecule has 0 bridgehead atoms. The van der Waals surface area contributed by atoms with Crippen molar-refractivity contribution in [2.45, 2.75) is 56.8 Å². The van der Waals surface area contributed by atoms with Crippen molar-refractivity contribution in [3.05, 3.63) is 35.4 Å². The van der Waals surface area contributed by atoms with Gasteiger partial charge in [0.1, 0.15) is 11.6 Å². The molecule has 0 atom stereocenters. The molecule has 0 radical (unpaired) electrons. The molecule has 2 N–H and O–H groups in total. The minimum absolute atomic E-state index is 0.262. The fourth-order valence-corrected chi connectivity index (χ4v) is 4.58. The Labute approximate surface area is 119 Å². The molecular formula is C17H23F2N. The average Bonchev–Trinajstić information content (AvgIpc) is 2.62. The molecule has 0 saturated heterocycles. The van der Waals surface area contributed by atoms with Crippen LogP contribution in [0.5, 0.6) is 0 Å². The fraction of sp³-hybridized carbons (Fsp3) is 0.647. The summed E-state index contributed by atoms with van der Waals surface area (Å²) in [6, 6.07) is 3.94. The Hall–Kier alpha value is -0.960. The monoisotopic (exact) mass is 279 g/mol. The van der Waals surface area contributed by atoms with Crippen LogP contribution in [0.2, 0.25) is 0 Å². The van der Waals surface area contributed by atoms with Crippen LogP contribution in [0.3, 0.4) is 0 Å². The lowest BCUT2D eigenvalue weighted by Gasteiger charge is -2.57. The first-order chi connectivity index (χ1) is 9.59. The van der Waals surface area contributed by atoms with Crippen LogP contribution < -0.4 is 5.73 Å². The van der Waals surface area contributed by atoms with Gasteiger partial charge < -0.3 is 5.73 Å². The third-order valence-corrected chi connectivity index (χ3v) is 5.48. The lowest BCUT2D eigenvalue weighted by Crippen LogP contribution is -2.54. The van der Waals surface area contributed by atoms with Crippen molar-refractivity contribution in [2.24, 2.45) is 11.1 Å². The topological polar surface area (TPSA) is 26.0 Å². The maximum Gasteiger partial charge on any atom is 0.129 e. The Kier molecular flexibility index (Phi) is 3.57. The maximum atomic E-state index is 14.1. The van der Waals surface area contributed by atoms with E-state index >= 15 is 0 Å². The quantitative estimate of drug-likeness (QED) is 0.858. The Morgan fingerprint density at radius 3 is 2.20 bits per heavy atom. The zero-order chi connectivity index (χ0) is 14.2. The SMILES string of the molecule is NCC1(c2ccc(F)cc2F)CC2(CCCCCC2)C1. The van der Waals surface area contributed by atoms with E-state index in [1.807, 2.05) is 0 Å². The molecule has 0 aromatic heterocycles. The van der Waals surface area contributed by atoms with Crippen molar-refractivity contribution in [3.8, 4) is 0 Å². The van der Waals surface area contributed by atoms with Gasteiger partial charge in [0.05, 0.1) is 0 Å². The van der Waals surface area contributed by atoms with Gasteiger partial charge in [-0.2, -0.15) is 0 Å². The first-order valence-electron chi connectivity index (χ1n) is 7.75. The molecule has 0 amide bonds. The number of rotatable bonds is 2. The summed E-state index contributed by atoms with van der Waals surface area (Å²) in [6.45, 7) is 0.456. The minimum Gasteiger partial charge on any atom is -0.330 e. The molecule has 0 aliphatic heterocycles. The highest BCUT2D eigenvalue weighted by Crippen LogP contribution is 2.61. The molecule has 2 aliphatic carbocycles. The highest BCUT2D eigenvalue weighted by Gasteiger charge is 2.54. The van der Waals surface area contributed by atoms with E-state index in [0.29, 0.717) is 17.5 Å². The summed E-state index contributed by atoms with van der Waals surface area (Å²) >= 11 is 0. The molecule has 1 aromatic rings. The van der Waals surface area contributed by atoms with E-state index in [0.717, 1.165) is 18.9 Å². The Bertz CT molecular complexity index is 482. The summed E-state index contributed by atoms with van der Waals surface area (Å²) in [7, 11) is 0.